The Balaban J connectivity index is 0.908. The van der Waals surface area contributed by atoms with E-state index in [-0.39, 0.29) is 0 Å². The molecule has 0 amide bonds. The Morgan fingerprint density at radius 1 is 0.234 bits per heavy atom. The van der Waals surface area contributed by atoms with Crippen molar-refractivity contribution in [1.29, 1.82) is 0 Å². The van der Waals surface area contributed by atoms with Crippen LogP contribution in [0.5, 0.6) is 0 Å². The van der Waals surface area contributed by atoms with Crippen molar-refractivity contribution in [1.82, 2.24) is 15.0 Å². The molecule has 9 aromatic carbocycles. The summed E-state index contributed by atoms with van der Waals surface area (Å²) in [7, 11) is 0. The van der Waals surface area contributed by atoms with Crippen molar-refractivity contribution in [3.8, 4) is 56.4 Å². The lowest BCUT2D eigenvalue weighted by molar-refractivity contribution is 0.656. The summed E-state index contributed by atoms with van der Waals surface area (Å²) in [5.41, 5.74) is 13.4. The summed E-state index contributed by atoms with van der Waals surface area (Å²) in [6.07, 6.45) is 0. The van der Waals surface area contributed by atoms with Gasteiger partial charge in [-0.2, -0.15) is 0 Å². The lowest BCUT2D eigenvalue weighted by atomic mass is 9.97. The van der Waals surface area contributed by atoms with Crippen LogP contribution in [0.3, 0.4) is 0 Å². The number of furan rings is 4. The third kappa shape index (κ3) is 5.31. The number of benzene rings is 9. The molecule has 0 unspecified atom stereocenters. The number of nitrogens with zero attached hydrogens (tertiary/aromatic N) is 3. The fourth-order valence-corrected chi connectivity index (χ4v) is 9.56. The minimum Gasteiger partial charge on any atom is -0.456 e. The number of aromatic nitrogens is 3. The minimum atomic E-state index is 0.554. The van der Waals surface area contributed by atoms with E-state index < -0.39 is 0 Å². The number of rotatable bonds is 5. The van der Waals surface area contributed by atoms with Crippen molar-refractivity contribution in [3.05, 3.63) is 188 Å². The molecule has 0 atom stereocenters. The number of hydrogen-bond donors (Lipinski definition) is 0. The highest BCUT2D eigenvalue weighted by Gasteiger charge is 2.21. The standard InChI is InChI=1S/C57H31N3O4/c1-4-20-45-37(15-1)43-30-44-42-29-35(25-26-48(42)64-52(44)31-51(43)63-45)33-12-7-11-32(27-33)34-13-8-14-36(28-34)55-58-56(40-18-9-23-49-53(40)38-16-2-5-21-46(38)61-49)60-57(59-55)41-19-10-24-50-54(41)39-17-3-6-22-47(39)62-50/h1-31H. The molecule has 0 saturated heterocycles. The Kier molecular flexibility index (Phi) is 7.27. The molecule has 0 radical (unpaired) electrons. The monoisotopic (exact) mass is 821 g/mol. The van der Waals surface area contributed by atoms with E-state index >= 15 is 0 Å². The molecular formula is C57H31N3O4. The van der Waals surface area contributed by atoms with Gasteiger partial charge in [0.2, 0.25) is 0 Å². The van der Waals surface area contributed by atoms with Gasteiger partial charge < -0.3 is 17.7 Å². The summed E-state index contributed by atoms with van der Waals surface area (Å²) in [6, 6.07) is 64.1. The Labute approximate surface area is 363 Å². The minimum absolute atomic E-state index is 0.554. The maximum absolute atomic E-state index is 6.35. The van der Waals surface area contributed by atoms with E-state index in [1.807, 2.05) is 84.9 Å². The molecule has 0 fully saturated rings. The van der Waals surface area contributed by atoms with Gasteiger partial charge in [0.05, 0.1) is 0 Å². The van der Waals surface area contributed by atoms with Gasteiger partial charge in [0.25, 0.3) is 0 Å². The zero-order valence-corrected chi connectivity index (χ0v) is 33.9. The van der Waals surface area contributed by atoms with Crippen LogP contribution in [0.4, 0.5) is 0 Å². The average Bonchev–Trinajstić information content (AvgIpc) is 4.12. The predicted molar refractivity (Wildman–Crippen MR) is 256 cm³/mol. The van der Waals surface area contributed by atoms with Gasteiger partial charge in [-0.15, -0.1) is 0 Å². The zero-order valence-electron chi connectivity index (χ0n) is 33.9. The second-order valence-electron chi connectivity index (χ2n) is 16.3. The molecule has 0 bridgehead atoms. The largest absolute Gasteiger partial charge is 0.456 e. The summed E-state index contributed by atoms with van der Waals surface area (Å²) < 4.78 is 25.2. The third-order valence-corrected chi connectivity index (χ3v) is 12.5. The lowest BCUT2D eigenvalue weighted by Gasteiger charge is -2.11. The average molecular weight is 822 g/mol. The SMILES string of the molecule is c1cc(-c2cccc(-c3nc(-c4cccc5oc6ccccc6c45)nc(-c4cccc5oc6ccccc6c45)n3)c2)cc(-c2ccc3oc4cc5oc6ccccc6c5cc4c3c2)c1. The van der Waals surface area contributed by atoms with Gasteiger partial charge in [0.1, 0.15) is 44.7 Å². The van der Waals surface area contributed by atoms with Crippen molar-refractivity contribution in [2.75, 3.05) is 0 Å². The summed E-state index contributed by atoms with van der Waals surface area (Å²) in [6.45, 7) is 0. The van der Waals surface area contributed by atoms with E-state index in [1.54, 1.807) is 0 Å². The summed E-state index contributed by atoms with van der Waals surface area (Å²) in [5, 5.41) is 8.23. The summed E-state index contributed by atoms with van der Waals surface area (Å²) in [5.74, 6) is 1.67. The fourth-order valence-electron chi connectivity index (χ4n) is 9.56. The second-order valence-corrected chi connectivity index (χ2v) is 16.3. The van der Waals surface area contributed by atoms with Crippen molar-refractivity contribution in [2.45, 2.75) is 0 Å². The molecule has 0 spiro atoms. The molecule has 14 aromatic rings. The van der Waals surface area contributed by atoms with Gasteiger partial charge in [-0.25, -0.2) is 15.0 Å². The van der Waals surface area contributed by atoms with E-state index in [2.05, 4.69) is 103 Å². The molecule has 7 nitrogen and oxygen atoms in total. The van der Waals surface area contributed by atoms with Crippen LogP contribution >= 0.6 is 0 Å². The van der Waals surface area contributed by atoms with E-state index in [1.165, 1.54) is 0 Å². The van der Waals surface area contributed by atoms with Crippen LogP contribution < -0.4 is 0 Å². The highest BCUT2D eigenvalue weighted by atomic mass is 16.3. The molecule has 0 aliphatic heterocycles. The first-order chi connectivity index (χ1) is 31.7. The number of hydrogen-bond acceptors (Lipinski definition) is 7. The van der Waals surface area contributed by atoms with E-state index in [0.717, 1.165) is 127 Å². The smallest absolute Gasteiger partial charge is 0.164 e. The second kappa shape index (κ2) is 13.3. The van der Waals surface area contributed by atoms with Crippen LogP contribution in [0.2, 0.25) is 0 Å². The molecular weight excluding hydrogens is 791 g/mol. The van der Waals surface area contributed by atoms with E-state index in [9.17, 15) is 0 Å². The number of para-hydroxylation sites is 3. The maximum Gasteiger partial charge on any atom is 0.164 e. The van der Waals surface area contributed by atoms with Gasteiger partial charge in [-0.05, 0) is 82.9 Å². The van der Waals surface area contributed by atoms with E-state index in [4.69, 9.17) is 32.6 Å². The van der Waals surface area contributed by atoms with Crippen molar-refractivity contribution < 1.29 is 17.7 Å². The summed E-state index contributed by atoms with van der Waals surface area (Å²) in [4.78, 5) is 15.7. The topological polar surface area (TPSA) is 91.2 Å². The molecule has 298 valence electrons. The summed E-state index contributed by atoms with van der Waals surface area (Å²) >= 11 is 0. The zero-order chi connectivity index (χ0) is 41.9. The van der Waals surface area contributed by atoms with Crippen LogP contribution in [-0.2, 0) is 0 Å². The van der Waals surface area contributed by atoms with Crippen LogP contribution in [0, 0.1) is 0 Å². The van der Waals surface area contributed by atoms with Crippen molar-refractivity contribution in [2.24, 2.45) is 0 Å². The Morgan fingerprint density at radius 3 is 1.25 bits per heavy atom. The molecule has 0 aliphatic carbocycles. The van der Waals surface area contributed by atoms with Crippen LogP contribution in [0.15, 0.2) is 206 Å². The molecule has 0 saturated carbocycles. The molecule has 5 heterocycles. The fraction of sp³-hybridized carbons (Fsp3) is 0. The van der Waals surface area contributed by atoms with Crippen LogP contribution in [-0.4, -0.2) is 15.0 Å². The Hall–Kier alpha value is -8.81. The first-order valence-corrected chi connectivity index (χ1v) is 21.2. The normalized spacial score (nSPS) is 12.1. The van der Waals surface area contributed by atoms with Gasteiger partial charge in [0.15, 0.2) is 17.5 Å². The molecule has 14 rings (SSSR count). The van der Waals surface area contributed by atoms with Gasteiger partial charge in [0, 0.05) is 65.8 Å². The lowest BCUT2D eigenvalue weighted by Crippen LogP contribution is -2.01. The highest BCUT2D eigenvalue weighted by Crippen LogP contribution is 2.41. The Bertz CT molecular complexity index is 4090. The first-order valence-electron chi connectivity index (χ1n) is 21.2. The van der Waals surface area contributed by atoms with E-state index in [0.29, 0.717) is 17.5 Å². The number of fused-ring (bicyclic) bond motifs is 12. The molecule has 7 heteroatoms. The first kappa shape index (κ1) is 34.9. The third-order valence-electron chi connectivity index (χ3n) is 12.5. The highest BCUT2D eigenvalue weighted by molar-refractivity contribution is 6.16. The van der Waals surface area contributed by atoms with Crippen molar-refractivity contribution >= 4 is 87.8 Å². The Morgan fingerprint density at radius 2 is 0.641 bits per heavy atom. The van der Waals surface area contributed by atoms with Gasteiger partial charge in [-0.1, -0.05) is 121 Å². The molecule has 0 aliphatic rings. The maximum atomic E-state index is 6.35. The van der Waals surface area contributed by atoms with Gasteiger partial charge >= 0.3 is 0 Å². The van der Waals surface area contributed by atoms with Crippen LogP contribution in [0.25, 0.3) is 144 Å². The van der Waals surface area contributed by atoms with Crippen molar-refractivity contribution in [3.63, 3.8) is 0 Å². The van der Waals surface area contributed by atoms with Gasteiger partial charge in [-0.3, -0.25) is 0 Å². The molecule has 5 aromatic heterocycles. The van der Waals surface area contributed by atoms with Crippen LogP contribution in [0.1, 0.15) is 0 Å². The molecule has 0 N–H and O–H groups in total. The quantitative estimate of drug-likeness (QED) is 0.171. The molecule has 64 heavy (non-hydrogen) atoms. The predicted octanol–water partition coefficient (Wildman–Crippen LogP) is 15.8.